The SMILES string of the molecule is CCP(Cl)C1CCC1. The molecule has 0 N–H and O–H groups in total. The molecule has 48 valence electrons. The fraction of sp³-hybridized carbons (Fsp3) is 1.00. The predicted molar refractivity (Wildman–Crippen MR) is 41.0 cm³/mol. The van der Waals surface area contributed by atoms with Crippen LogP contribution in [0, 0.1) is 0 Å². The fourth-order valence-electron chi connectivity index (χ4n) is 0.925. The normalized spacial score (nSPS) is 24.8. The lowest BCUT2D eigenvalue weighted by Gasteiger charge is -2.28. The van der Waals surface area contributed by atoms with E-state index in [1.54, 1.807) is 0 Å². The van der Waals surface area contributed by atoms with E-state index in [0.29, 0.717) is 0 Å². The molecular formula is C6H12ClP. The average Bonchev–Trinajstić information content (AvgIpc) is 1.62. The van der Waals surface area contributed by atoms with E-state index in [1.807, 2.05) is 0 Å². The molecule has 1 atom stereocenters. The fourth-order valence-corrected chi connectivity index (χ4v) is 2.95. The largest absolute Gasteiger partial charge is 0.0961 e. The molecule has 0 spiro atoms. The number of halogens is 1. The van der Waals surface area contributed by atoms with Crippen LogP contribution in [-0.4, -0.2) is 11.8 Å². The third kappa shape index (κ3) is 1.36. The quantitative estimate of drug-likeness (QED) is 0.531. The summed E-state index contributed by atoms with van der Waals surface area (Å²) >= 11 is 6.03. The minimum atomic E-state index is -0.0806. The van der Waals surface area contributed by atoms with E-state index >= 15 is 0 Å². The van der Waals surface area contributed by atoms with Crippen LogP contribution in [0.5, 0.6) is 0 Å². The van der Waals surface area contributed by atoms with Crippen LogP contribution in [0.15, 0.2) is 0 Å². The van der Waals surface area contributed by atoms with Crippen LogP contribution >= 0.6 is 18.5 Å². The Morgan fingerprint density at radius 2 is 2.25 bits per heavy atom. The molecule has 0 aromatic rings. The summed E-state index contributed by atoms with van der Waals surface area (Å²) in [6.45, 7) is 2.19. The first-order valence-corrected chi connectivity index (χ1v) is 5.77. The lowest BCUT2D eigenvalue weighted by molar-refractivity contribution is 0.517. The topological polar surface area (TPSA) is 0 Å². The van der Waals surface area contributed by atoms with Crippen LogP contribution in [0.1, 0.15) is 26.2 Å². The van der Waals surface area contributed by atoms with E-state index in [-0.39, 0.29) is 7.27 Å². The van der Waals surface area contributed by atoms with Crippen LogP contribution < -0.4 is 0 Å². The van der Waals surface area contributed by atoms with Crippen molar-refractivity contribution >= 4 is 18.5 Å². The van der Waals surface area contributed by atoms with E-state index in [1.165, 1.54) is 25.4 Å². The Morgan fingerprint density at radius 1 is 1.62 bits per heavy atom. The van der Waals surface area contributed by atoms with Crippen molar-refractivity contribution in [2.24, 2.45) is 0 Å². The van der Waals surface area contributed by atoms with E-state index in [2.05, 4.69) is 6.92 Å². The van der Waals surface area contributed by atoms with Gasteiger partial charge in [0.15, 0.2) is 0 Å². The summed E-state index contributed by atoms with van der Waals surface area (Å²) in [5.74, 6) is 0. The van der Waals surface area contributed by atoms with Crippen molar-refractivity contribution in [3.63, 3.8) is 0 Å². The van der Waals surface area contributed by atoms with Crippen molar-refractivity contribution in [3.8, 4) is 0 Å². The third-order valence-electron chi connectivity index (χ3n) is 1.77. The molecule has 0 radical (unpaired) electrons. The van der Waals surface area contributed by atoms with Crippen molar-refractivity contribution in [3.05, 3.63) is 0 Å². The second-order valence-corrected chi connectivity index (χ2v) is 5.77. The maximum Gasteiger partial charge on any atom is -0.00684 e. The van der Waals surface area contributed by atoms with Crippen molar-refractivity contribution in [2.45, 2.75) is 31.8 Å². The van der Waals surface area contributed by atoms with Gasteiger partial charge in [0.1, 0.15) is 0 Å². The van der Waals surface area contributed by atoms with Crippen LogP contribution in [0.25, 0.3) is 0 Å². The van der Waals surface area contributed by atoms with Gasteiger partial charge < -0.3 is 0 Å². The Labute approximate surface area is 57.2 Å². The Hall–Kier alpha value is 0.720. The Morgan fingerprint density at radius 3 is 2.38 bits per heavy atom. The van der Waals surface area contributed by atoms with Crippen LogP contribution in [0.2, 0.25) is 0 Å². The Balaban J connectivity index is 2.13. The van der Waals surface area contributed by atoms with E-state index in [4.69, 9.17) is 11.2 Å². The van der Waals surface area contributed by atoms with Gasteiger partial charge in [-0.25, -0.2) is 0 Å². The minimum Gasteiger partial charge on any atom is -0.0961 e. The molecule has 0 amide bonds. The highest BCUT2D eigenvalue weighted by atomic mass is 35.7. The molecule has 1 saturated carbocycles. The molecule has 0 aromatic carbocycles. The molecule has 0 aliphatic heterocycles. The summed E-state index contributed by atoms with van der Waals surface area (Å²) in [7, 11) is -0.0806. The lowest BCUT2D eigenvalue weighted by atomic mass is 10.00. The van der Waals surface area contributed by atoms with E-state index in [0.717, 1.165) is 5.66 Å². The van der Waals surface area contributed by atoms with Gasteiger partial charge in [0.25, 0.3) is 0 Å². The molecule has 0 aromatic heterocycles. The molecule has 1 fully saturated rings. The molecule has 1 rings (SSSR count). The summed E-state index contributed by atoms with van der Waals surface area (Å²) < 4.78 is 0. The second kappa shape index (κ2) is 3.03. The third-order valence-corrected chi connectivity index (χ3v) is 5.23. The number of hydrogen-bond acceptors (Lipinski definition) is 0. The first kappa shape index (κ1) is 6.83. The summed E-state index contributed by atoms with van der Waals surface area (Å²) in [6.07, 6.45) is 5.45. The predicted octanol–water partition coefficient (Wildman–Crippen LogP) is 3.19. The molecule has 2 heteroatoms. The van der Waals surface area contributed by atoms with Crippen LogP contribution in [-0.2, 0) is 0 Å². The highest BCUT2D eigenvalue weighted by Gasteiger charge is 2.23. The van der Waals surface area contributed by atoms with Gasteiger partial charge in [-0.2, -0.15) is 0 Å². The van der Waals surface area contributed by atoms with E-state index in [9.17, 15) is 0 Å². The number of hydrogen-bond donors (Lipinski definition) is 0. The van der Waals surface area contributed by atoms with Crippen LogP contribution in [0.4, 0.5) is 0 Å². The summed E-state index contributed by atoms with van der Waals surface area (Å²) in [5, 5.41) is 0. The zero-order valence-corrected chi connectivity index (χ0v) is 6.88. The first-order chi connectivity index (χ1) is 3.84. The molecule has 0 saturated heterocycles. The summed E-state index contributed by atoms with van der Waals surface area (Å²) in [4.78, 5) is 0. The standard InChI is InChI=1S/C6H12ClP/c1-2-8(7)6-4-3-5-6/h6H,2-5H2,1H3. The molecule has 1 aliphatic rings. The molecule has 1 aliphatic carbocycles. The molecule has 0 heterocycles. The molecule has 0 nitrogen and oxygen atoms in total. The van der Waals surface area contributed by atoms with Gasteiger partial charge in [-0.1, -0.05) is 24.6 Å². The monoisotopic (exact) mass is 150 g/mol. The van der Waals surface area contributed by atoms with E-state index < -0.39 is 0 Å². The minimum absolute atomic E-state index is 0.0806. The zero-order valence-electron chi connectivity index (χ0n) is 5.23. The highest BCUT2D eigenvalue weighted by Crippen LogP contribution is 2.53. The molecule has 0 bridgehead atoms. The Bertz CT molecular complexity index is 68.2. The van der Waals surface area contributed by atoms with Gasteiger partial charge in [0, 0.05) is 0 Å². The highest BCUT2D eigenvalue weighted by molar-refractivity contribution is 7.84. The average molecular weight is 151 g/mol. The second-order valence-electron chi connectivity index (χ2n) is 2.30. The maximum absolute atomic E-state index is 6.03. The Kier molecular flexibility index (Phi) is 2.59. The van der Waals surface area contributed by atoms with Gasteiger partial charge in [-0.15, -0.1) is 0 Å². The van der Waals surface area contributed by atoms with Crippen molar-refractivity contribution < 1.29 is 0 Å². The van der Waals surface area contributed by atoms with Gasteiger partial charge >= 0.3 is 0 Å². The van der Waals surface area contributed by atoms with Gasteiger partial charge in [-0.05, 0) is 31.9 Å². The van der Waals surface area contributed by atoms with Gasteiger partial charge in [0.05, 0.1) is 0 Å². The molecular weight excluding hydrogens is 138 g/mol. The summed E-state index contributed by atoms with van der Waals surface area (Å²) in [5.41, 5.74) is 0.927. The zero-order chi connectivity index (χ0) is 5.98. The van der Waals surface area contributed by atoms with Gasteiger partial charge in [-0.3, -0.25) is 0 Å². The smallest absolute Gasteiger partial charge is 0.00684 e. The summed E-state index contributed by atoms with van der Waals surface area (Å²) in [6, 6.07) is 0. The molecule has 8 heavy (non-hydrogen) atoms. The van der Waals surface area contributed by atoms with Gasteiger partial charge in [0.2, 0.25) is 0 Å². The lowest BCUT2D eigenvalue weighted by Crippen LogP contribution is -2.14. The van der Waals surface area contributed by atoms with Crippen LogP contribution in [0.3, 0.4) is 0 Å². The maximum atomic E-state index is 6.03. The van der Waals surface area contributed by atoms with Crippen molar-refractivity contribution in [1.29, 1.82) is 0 Å². The van der Waals surface area contributed by atoms with Crippen molar-refractivity contribution in [2.75, 3.05) is 6.16 Å². The first-order valence-electron chi connectivity index (χ1n) is 3.27. The number of rotatable bonds is 2. The molecule has 1 unspecified atom stereocenters. The van der Waals surface area contributed by atoms with Crippen molar-refractivity contribution in [1.82, 2.24) is 0 Å².